The Morgan fingerprint density at radius 3 is 2.61 bits per heavy atom. The lowest BCUT2D eigenvalue weighted by molar-refractivity contribution is -0.120. The molecule has 1 heterocycles. The van der Waals surface area contributed by atoms with Gasteiger partial charge < -0.3 is 10.1 Å². The van der Waals surface area contributed by atoms with E-state index in [0.717, 1.165) is 11.3 Å². The molecule has 0 fully saturated rings. The van der Waals surface area contributed by atoms with Crippen molar-refractivity contribution in [3.63, 3.8) is 0 Å². The maximum atomic E-state index is 13.6. The van der Waals surface area contributed by atoms with Crippen molar-refractivity contribution in [2.75, 3.05) is 12.4 Å². The molecule has 0 unspecified atom stereocenters. The topological polar surface area (TPSA) is 80.3 Å². The summed E-state index contributed by atoms with van der Waals surface area (Å²) in [5, 5.41) is 7.36. The van der Waals surface area contributed by atoms with Gasteiger partial charge in [0.2, 0.25) is 5.91 Å². The third kappa shape index (κ3) is 5.14. The zero-order valence-corrected chi connectivity index (χ0v) is 15.9. The van der Waals surface area contributed by atoms with Crippen LogP contribution in [0.2, 0.25) is 0 Å². The molecule has 0 saturated carbocycles. The molecule has 2 aromatic carbocycles. The minimum absolute atomic E-state index is 0.0588. The molecule has 3 rings (SSSR count). The summed E-state index contributed by atoms with van der Waals surface area (Å²) in [6.07, 6.45) is 0.0855. The predicted octanol–water partition coefficient (Wildman–Crippen LogP) is 3.40. The van der Waals surface area contributed by atoms with E-state index in [4.69, 9.17) is 4.74 Å². The van der Waals surface area contributed by atoms with Crippen LogP contribution < -0.4 is 15.4 Å². The second-order valence-electron chi connectivity index (χ2n) is 5.88. The van der Waals surface area contributed by atoms with Crippen molar-refractivity contribution >= 4 is 28.3 Å². The van der Waals surface area contributed by atoms with Crippen LogP contribution in [0, 0.1) is 5.82 Å². The predicted molar refractivity (Wildman–Crippen MR) is 105 cm³/mol. The van der Waals surface area contributed by atoms with Crippen molar-refractivity contribution in [1.82, 2.24) is 10.3 Å². The van der Waals surface area contributed by atoms with Gasteiger partial charge in [0.25, 0.3) is 5.91 Å². The first kappa shape index (κ1) is 19.5. The number of thiazole rings is 1. The Kier molecular flexibility index (Phi) is 6.33. The maximum Gasteiger partial charge on any atom is 0.260 e. The fourth-order valence-electron chi connectivity index (χ4n) is 2.43. The molecular formula is C20H18FN3O3S. The van der Waals surface area contributed by atoms with Gasteiger partial charge >= 0.3 is 0 Å². The average Bonchev–Trinajstić information content (AvgIpc) is 3.13. The molecule has 3 aromatic rings. The van der Waals surface area contributed by atoms with E-state index in [9.17, 15) is 14.0 Å². The van der Waals surface area contributed by atoms with E-state index < -0.39 is 11.7 Å². The molecule has 0 aliphatic rings. The third-order valence-electron chi connectivity index (χ3n) is 3.88. The van der Waals surface area contributed by atoms with Crippen LogP contribution in [0.4, 0.5) is 9.52 Å². The summed E-state index contributed by atoms with van der Waals surface area (Å²) in [6, 6.07) is 13.1. The highest BCUT2D eigenvalue weighted by atomic mass is 32.1. The summed E-state index contributed by atoms with van der Waals surface area (Å²) in [7, 11) is 1.59. The Labute approximate surface area is 165 Å². The molecule has 0 aliphatic carbocycles. The number of ether oxygens (including phenoxy) is 1. The van der Waals surface area contributed by atoms with Crippen LogP contribution in [0.1, 0.15) is 21.6 Å². The Balaban J connectivity index is 1.51. The van der Waals surface area contributed by atoms with Gasteiger partial charge in [-0.3, -0.25) is 14.9 Å². The van der Waals surface area contributed by atoms with Crippen LogP contribution in [-0.2, 0) is 17.8 Å². The molecular weight excluding hydrogens is 381 g/mol. The lowest BCUT2D eigenvalue weighted by atomic mass is 10.2. The number of nitrogens with zero attached hydrogens (tertiary/aromatic N) is 1. The van der Waals surface area contributed by atoms with Crippen molar-refractivity contribution in [2.24, 2.45) is 0 Å². The molecule has 144 valence electrons. The minimum atomic E-state index is -0.602. The highest BCUT2D eigenvalue weighted by molar-refractivity contribution is 7.14. The van der Waals surface area contributed by atoms with Crippen molar-refractivity contribution in [3.05, 3.63) is 76.5 Å². The second-order valence-corrected chi connectivity index (χ2v) is 6.74. The standard InChI is InChI=1S/C20H18FN3O3S/c1-27-15-8-6-13(7-9-15)11-22-18(25)10-14-12-28-20(23-14)24-19(26)16-4-2-3-5-17(16)21/h2-9,12H,10-11H2,1H3,(H,22,25)(H,23,24,26). The molecule has 8 heteroatoms. The van der Waals surface area contributed by atoms with Crippen molar-refractivity contribution < 1.29 is 18.7 Å². The summed E-state index contributed by atoms with van der Waals surface area (Å²) in [5.41, 5.74) is 1.42. The van der Waals surface area contributed by atoms with Gasteiger partial charge in [0.05, 0.1) is 24.8 Å². The Bertz CT molecular complexity index is 973. The second kappa shape index (κ2) is 9.09. The minimum Gasteiger partial charge on any atom is -0.497 e. The number of carbonyl (C=O) groups is 2. The van der Waals surface area contributed by atoms with Crippen molar-refractivity contribution in [2.45, 2.75) is 13.0 Å². The van der Waals surface area contributed by atoms with E-state index >= 15 is 0 Å². The number of anilines is 1. The van der Waals surface area contributed by atoms with Crippen LogP contribution >= 0.6 is 11.3 Å². The molecule has 0 radical (unpaired) electrons. The third-order valence-corrected chi connectivity index (χ3v) is 4.69. The number of benzene rings is 2. The highest BCUT2D eigenvalue weighted by Crippen LogP contribution is 2.18. The molecule has 0 bridgehead atoms. The van der Waals surface area contributed by atoms with Gasteiger partial charge in [-0.25, -0.2) is 9.37 Å². The number of nitrogens with one attached hydrogen (secondary N) is 2. The van der Waals surface area contributed by atoms with Crippen LogP contribution in [0.25, 0.3) is 0 Å². The molecule has 6 nitrogen and oxygen atoms in total. The highest BCUT2D eigenvalue weighted by Gasteiger charge is 2.14. The number of hydrogen-bond donors (Lipinski definition) is 2. The van der Waals surface area contributed by atoms with Crippen LogP contribution in [-0.4, -0.2) is 23.9 Å². The molecule has 2 amide bonds. The fourth-order valence-corrected chi connectivity index (χ4v) is 3.13. The normalized spacial score (nSPS) is 10.4. The molecule has 2 N–H and O–H groups in total. The van der Waals surface area contributed by atoms with E-state index in [1.165, 1.54) is 29.5 Å². The van der Waals surface area contributed by atoms with Crippen molar-refractivity contribution in [3.8, 4) is 5.75 Å². The Morgan fingerprint density at radius 1 is 1.14 bits per heavy atom. The van der Waals surface area contributed by atoms with Crippen LogP contribution in [0.5, 0.6) is 5.75 Å². The van der Waals surface area contributed by atoms with Gasteiger partial charge in [-0.1, -0.05) is 24.3 Å². The number of hydrogen-bond acceptors (Lipinski definition) is 5. The van der Waals surface area contributed by atoms with E-state index in [-0.39, 0.29) is 17.9 Å². The molecule has 28 heavy (non-hydrogen) atoms. The van der Waals surface area contributed by atoms with E-state index in [0.29, 0.717) is 17.4 Å². The monoisotopic (exact) mass is 399 g/mol. The smallest absolute Gasteiger partial charge is 0.260 e. The van der Waals surface area contributed by atoms with E-state index in [1.54, 1.807) is 18.6 Å². The molecule has 0 atom stereocenters. The van der Waals surface area contributed by atoms with Gasteiger partial charge in [0.15, 0.2) is 5.13 Å². The Hall–Kier alpha value is -3.26. The Morgan fingerprint density at radius 2 is 1.89 bits per heavy atom. The number of halogens is 1. The number of methoxy groups -OCH3 is 1. The lowest BCUT2D eigenvalue weighted by Gasteiger charge is -2.05. The number of rotatable bonds is 7. The van der Waals surface area contributed by atoms with Crippen LogP contribution in [0.15, 0.2) is 53.9 Å². The fraction of sp³-hybridized carbons (Fsp3) is 0.150. The SMILES string of the molecule is COc1ccc(CNC(=O)Cc2csc(NC(=O)c3ccccc3F)n2)cc1. The molecule has 1 aromatic heterocycles. The summed E-state index contributed by atoms with van der Waals surface area (Å²) in [4.78, 5) is 28.4. The number of amides is 2. The van der Waals surface area contributed by atoms with Crippen molar-refractivity contribution in [1.29, 1.82) is 0 Å². The summed E-state index contributed by atoms with van der Waals surface area (Å²) < 4.78 is 18.7. The van der Waals surface area contributed by atoms with Gasteiger partial charge in [-0.2, -0.15) is 0 Å². The van der Waals surface area contributed by atoms with Gasteiger partial charge in [0.1, 0.15) is 11.6 Å². The zero-order chi connectivity index (χ0) is 19.9. The molecule has 0 spiro atoms. The number of carbonyl (C=O) groups excluding carboxylic acids is 2. The molecule has 0 saturated heterocycles. The lowest BCUT2D eigenvalue weighted by Crippen LogP contribution is -2.24. The molecule has 0 aliphatic heterocycles. The van der Waals surface area contributed by atoms with Crippen LogP contribution in [0.3, 0.4) is 0 Å². The largest absolute Gasteiger partial charge is 0.497 e. The summed E-state index contributed by atoms with van der Waals surface area (Å²) in [6.45, 7) is 0.393. The quantitative estimate of drug-likeness (QED) is 0.638. The van der Waals surface area contributed by atoms with Gasteiger partial charge in [0, 0.05) is 11.9 Å². The summed E-state index contributed by atoms with van der Waals surface area (Å²) >= 11 is 1.18. The zero-order valence-electron chi connectivity index (χ0n) is 15.1. The van der Waals surface area contributed by atoms with E-state index in [1.807, 2.05) is 24.3 Å². The van der Waals surface area contributed by atoms with Gasteiger partial charge in [-0.05, 0) is 29.8 Å². The first-order valence-corrected chi connectivity index (χ1v) is 9.33. The van der Waals surface area contributed by atoms with Gasteiger partial charge in [-0.15, -0.1) is 11.3 Å². The average molecular weight is 399 g/mol. The summed E-state index contributed by atoms with van der Waals surface area (Å²) in [5.74, 6) is -0.617. The first-order valence-electron chi connectivity index (χ1n) is 8.45. The first-order chi connectivity index (χ1) is 13.5. The maximum absolute atomic E-state index is 13.6. The van der Waals surface area contributed by atoms with E-state index in [2.05, 4.69) is 15.6 Å². The number of aromatic nitrogens is 1.